The van der Waals surface area contributed by atoms with Gasteiger partial charge in [-0.15, -0.1) is 0 Å². The molecule has 2 N–H and O–H groups in total. The number of ether oxygens (including phenoxy) is 3. The normalized spacial score (nSPS) is 15.1. The standard InChI is InChI=1S/C19H27BrN2O5/c1-19(2,3)27-18(24)21-6-9-26-16-11-13(10-14(20)12-16)17(23)22-15-4-7-25-8-5-15/h10-12,15H,4-9H2,1-3H3,(H,21,24)(H,22,23). The summed E-state index contributed by atoms with van der Waals surface area (Å²) >= 11 is 3.40. The largest absolute Gasteiger partial charge is 0.492 e. The van der Waals surface area contributed by atoms with Gasteiger partial charge in [0.1, 0.15) is 18.0 Å². The molecule has 1 aliphatic heterocycles. The topological polar surface area (TPSA) is 85.9 Å². The molecule has 0 spiro atoms. The first-order chi connectivity index (χ1) is 12.7. The molecule has 2 amide bonds. The lowest BCUT2D eigenvalue weighted by Gasteiger charge is -2.23. The highest BCUT2D eigenvalue weighted by Gasteiger charge is 2.18. The van der Waals surface area contributed by atoms with Crippen LogP contribution in [0.3, 0.4) is 0 Å². The van der Waals surface area contributed by atoms with E-state index in [0.29, 0.717) is 31.1 Å². The van der Waals surface area contributed by atoms with Gasteiger partial charge in [0, 0.05) is 29.3 Å². The first-order valence-electron chi connectivity index (χ1n) is 9.02. The van der Waals surface area contributed by atoms with E-state index >= 15 is 0 Å². The second-order valence-corrected chi connectivity index (χ2v) is 8.23. The molecule has 27 heavy (non-hydrogen) atoms. The Hall–Kier alpha value is -1.80. The first kappa shape index (κ1) is 21.5. The quantitative estimate of drug-likeness (QED) is 0.660. The third-order valence-corrected chi connectivity index (χ3v) is 4.19. The molecule has 0 saturated carbocycles. The molecular weight excluding hydrogens is 416 g/mol. The number of carbonyl (C=O) groups excluding carboxylic acids is 2. The molecule has 1 aromatic carbocycles. The second-order valence-electron chi connectivity index (χ2n) is 7.31. The van der Waals surface area contributed by atoms with Gasteiger partial charge in [-0.25, -0.2) is 4.79 Å². The van der Waals surface area contributed by atoms with Crippen molar-refractivity contribution in [2.75, 3.05) is 26.4 Å². The van der Waals surface area contributed by atoms with Crippen LogP contribution in [0.2, 0.25) is 0 Å². The number of benzene rings is 1. The van der Waals surface area contributed by atoms with Crippen LogP contribution in [-0.2, 0) is 9.47 Å². The maximum absolute atomic E-state index is 12.5. The van der Waals surface area contributed by atoms with Crippen LogP contribution < -0.4 is 15.4 Å². The summed E-state index contributed by atoms with van der Waals surface area (Å²) in [6.07, 6.45) is 1.15. The van der Waals surface area contributed by atoms with Crippen LogP contribution in [-0.4, -0.2) is 50.0 Å². The van der Waals surface area contributed by atoms with Gasteiger partial charge < -0.3 is 24.8 Å². The van der Waals surface area contributed by atoms with Crippen molar-refractivity contribution in [2.24, 2.45) is 0 Å². The van der Waals surface area contributed by atoms with E-state index in [9.17, 15) is 9.59 Å². The number of halogens is 1. The minimum Gasteiger partial charge on any atom is -0.492 e. The molecule has 1 saturated heterocycles. The summed E-state index contributed by atoms with van der Waals surface area (Å²) in [6, 6.07) is 5.35. The molecule has 7 nitrogen and oxygen atoms in total. The summed E-state index contributed by atoms with van der Waals surface area (Å²) in [7, 11) is 0. The molecule has 0 bridgehead atoms. The van der Waals surface area contributed by atoms with Gasteiger partial charge in [0.2, 0.25) is 0 Å². The lowest BCUT2D eigenvalue weighted by atomic mass is 10.1. The third-order valence-electron chi connectivity index (χ3n) is 3.73. The Morgan fingerprint density at radius 3 is 2.59 bits per heavy atom. The Balaban J connectivity index is 1.83. The van der Waals surface area contributed by atoms with Gasteiger partial charge in [0.25, 0.3) is 5.91 Å². The summed E-state index contributed by atoms with van der Waals surface area (Å²) in [5, 5.41) is 5.65. The molecule has 1 aromatic rings. The molecule has 0 atom stereocenters. The fraction of sp³-hybridized carbons (Fsp3) is 0.579. The molecule has 1 aliphatic rings. The van der Waals surface area contributed by atoms with Crippen molar-refractivity contribution in [1.29, 1.82) is 0 Å². The highest BCUT2D eigenvalue weighted by Crippen LogP contribution is 2.22. The van der Waals surface area contributed by atoms with Crippen LogP contribution in [0.25, 0.3) is 0 Å². The summed E-state index contributed by atoms with van der Waals surface area (Å²) < 4.78 is 16.9. The van der Waals surface area contributed by atoms with Gasteiger partial charge in [-0.05, 0) is 51.8 Å². The summed E-state index contributed by atoms with van der Waals surface area (Å²) in [6.45, 7) is 7.30. The Morgan fingerprint density at radius 1 is 1.22 bits per heavy atom. The van der Waals surface area contributed by atoms with Gasteiger partial charge in [-0.2, -0.15) is 0 Å². The molecule has 8 heteroatoms. The van der Waals surface area contributed by atoms with Gasteiger partial charge in [0.05, 0.1) is 6.54 Å². The number of nitrogens with one attached hydrogen (secondary N) is 2. The van der Waals surface area contributed by atoms with E-state index in [4.69, 9.17) is 14.2 Å². The van der Waals surface area contributed by atoms with Crippen LogP contribution in [0, 0.1) is 0 Å². The minimum atomic E-state index is -0.540. The molecule has 150 valence electrons. The van der Waals surface area contributed by atoms with E-state index in [0.717, 1.165) is 17.3 Å². The van der Waals surface area contributed by atoms with Crippen LogP contribution in [0.1, 0.15) is 44.0 Å². The maximum atomic E-state index is 12.5. The van der Waals surface area contributed by atoms with Crippen LogP contribution in [0.4, 0.5) is 4.79 Å². The van der Waals surface area contributed by atoms with Crippen LogP contribution in [0.15, 0.2) is 22.7 Å². The number of amides is 2. The van der Waals surface area contributed by atoms with Gasteiger partial charge in [-0.1, -0.05) is 15.9 Å². The van der Waals surface area contributed by atoms with Crippen molar-refractivity contribution >= 4 is 27.9 Å². The zero-order valence-electron chi connectivity index (χ0n) is 16.0. The number of hydrogen-bond donors (Lipinski definition) is 2. The molecule has 0 radical (unpaired) electrons. The van der Waals surface area contributed by atoms with Crippen molar-refractivity contribution in [1.82, 2.24) is 10.6 Å². The smallest absolute Gasteiger partial charge is 0.407 e. The minimum absolute atomic E-state index is 0.132. The highest BCUT2D eigenvalue weighted by molar-refractivity contribution is 9.10. The van der Waals surface area contributed by atoms with Crippen LogP contribution >= 0.6 is 15.9 Å². The van der Waals surface area contributed by atoms with E-state index in [2.05, 4.69) is 26.6 Å². The molecule has 0 unspecified atom stereocenters. The Kier molecular flexibility index (Phi) is 7.91. The van der Waals surface area contributed by atoms with Gasteiger partial charge in [-0.3, -0.25) is 4.79 Å². The molecular formula is C19H27BrN2O5. The average Bonchev–Trinajstić information content (AvgIpc) is 2.57. The summed E-state index contributed by atoms with van der Waals surface area (Å²) in [4.78, 5) is 24.1. The fourth-order valence-electron chi connectivity index (χ4n) is 2.52. The third kappa shape index (κ3) is 8.17. The predicted octanol–water partition coefficient (Wildman–Crippen LogP) is 3.26. The predicted molar refractivity (Wildman–Crippen MR) is 105 cm³/mol. The Morgan fingerprint density at radius 2 is 1.93 bits per heavy atom. The number of hydrogen-bond acceptors (Lipinski definition) is 5. The van der Waals surface area contributed by atoms with Crippen molar-refractivity contribution in [2.45, 2.75) is 45.3 Å². The summed E-state index contributed by atoms with van der Waals surface area (Å²) in [5.41, 5.74) is -0.0203. The van der Waals surface area contributed by atoms with Crippen molar-refractivity contribution in [3.05, 3.63) is 28.2 Å². The molecule has 2 rings (SSSR count). The first-order valence-corrected chi connectivity index (χ1v) is 9.81. The molecule has 1 heterocycles. The summed E-state index contributed by atoms with van der Waals surface area (Å²) in [5.74, 6) is 0.410. The molecule has 1 fully saturated rings. The van der Waals surface area contributed by atoms with Crippen molar-refractivity contribution < 1.29 is 23.8 Å². The van der Waals surface area contributed by atoms with Gasteiger partial charge >= 0.3 is 6.09 Å². The monoisotopic (exact) mass is 442 g/mol. The zero-order chi connectivity index (χ0) is 19.9. The highest BCUT2D eigenvalue weighted by atomic mass is 79.9. The van der Waals surface area contributed by atoms with Crippen molar-refractivity contribution in [3.63, 3.8) is 0 Å². The second kappa shape index (κ2) is 9.94. The van der Waals surface area contributed by atoms with E-state index in [1.165, 1.54) is 0 Å². The zero-order valence-corrected chi connectivity index (χ0v) is 17.6. The number of alkyl carbamates (subject to hydrolysis) is 1. The lowest BCUT2D eigenvalue weighted by Crippen LogP contribution is -2.38. The lowest BCUT2D eigenvalue weighted by molar-refractivity contribution is 0.0520. The number of rotatable bonds is 6. The van der Waals surface area contributed by atoms with Gasteiger partial charge in [0.15, 0.2) is 0 Å². The maximum Gasteiger partial charge on any atom is 0.407 e. The Labute approximate surface area is 168 Å². The fourth-order valence-corrected chi connectivity index (χ4v) is 3.00. The van der Waals surface area contributed by atoms with E-state index < -0.39 is 11.7 Å². The molecule has 0 aromatic heterocycles. The Bertz CT molecular complexity index is 654. The number of carbonyl (C=O) groups is 2. The van der Waals surface area contributed by atoms with E-state index in [1.54, 1.807) is 39.0 Å². The van der Waals surface area contributed by atoms with Crippen molar-refractivity contribution in [3.8, 4) is 5.75 Å². The average molecular weight is 443 g/mol. The SMILES string of the molecule is CC(C)(C)OC(=O)NCCOc1cc(Br)cc(C(=O)NC2CCOCC2)c1. The van der Waals surface area contributed by atoms with E-state index in [1.807, 2.05) is 0 Å². The molecule has 0 aliphatic carbocycles. The van der Waals surface area contributed by atoms with E-state index in [-0.39, 0.29) is 18.6 Å². The van der Waals surface area contributed by atoms with Crippen LogP contribution in [0.5, 0.6) is 5.75 Å².